The lowest BCUT2D eigenvalue weighted by molar-refractivity contribution is 0.185. The molecular formula is C12H22N4OS. The number of nitrogens with zero attached hydrogens (tertiary/aromatic N) is 1. The van der Waals surface area contributed by atoms with E-state index in [1.807, 2.05) is 6.92 Å². The quantitative estimate of drug-likeness (QED) is 0.313. The second-order valence-corrected chi connectivity index (χ2v) is 5.09. The first-order chi connectivity index (χ1) is 8.65. The zero-order chi connectivity index (χ0) is 13.4. The molecule has 2 unspecified atom stereocenters. The lowest BCUT2D eigenvalue weighted by Crippen LogP contribution is -2.46. The number of hydrazine groups is 1. The summed E-state index contributed by atoms with van der Waals surface area (Å²) >= 11 is 1.71. The molecule has 0 saturated heterocycles. The summed E-state index contributed by atoms with van der Waals surface area (Å²) in [7, 11) is 1.66. The van der Waals surface area contributed by atoms with E-state index >= 15 is 0 Å². The lowest BCUT2D eigenvalue weighted by atomic mass is 10.1. The van der Waals surface area contributed by atoms with E-state index in [1.165, 1.54) is 5.56 Å². The summed E-state index contributed by atoms with van der Waals surface area (Å²) in [5.74, 6) is 6.06. The van der Waals surface area contributed by atoms with Gasteiger partial charge in [0.15, 0.2) is 0 Å². The summed E-state index contributed by atoms with van der Waals surface area (Å²) in [5.41, 5.74) is 3.91. The van der Waals surface area contributed by atoms with Crippen molar-refractivity contribution in [1.29, 1.82) is 0 Å². The number of rotatable bonds is 6. The molecule has 0 spiro atoms. The summed E-state index contributed by atoms with van der Waals surface area (Å²) in [5, 5.41) is 7.49. The van der Waals surface area contributed by atoms with Crippen molar-refractivity contribution < 1.29 is 4.74 Å². The van der Waals surface area contributed by atoms with Crippen LogP contribution in [0.15, 0.2) is 21.8 Å². The van der Waals surface area contributed by atoms with Gasteiger partial charge in [-0.15, -0.1) is 0 Å². The minimum absolute atomic E-state index is 0.0712. The lowest BCUT2D eigenvalue weighted by Gasteiger charge is -2.17. The van der Waals surface area contributed by atoms with Gasteiger partial charge in [-0.1, -0.05) is 0 Å². The van der Waals surface area contributed by atoms with Gasteiger partial charge >= 0.3 is 0 Å². The molecular weight excluding hydrogens is 248 g/mol. The largest absolute Gasteiger partial charge is 0.382 e. The Morgan fingerprint density at radius 1 is 1.56 bits per heavy atom. The van der Waals surface area contributed by atoms with E-state index in [9.17, 15) is 0 Å². The Labute approximate surface area is 112 Å². The Kier molecular flexibility index (Phi) is 6.70. The van der Waals surface area contributed by atoms with Gasteiger partial charge in [0.25, 0.3) is 0 Å². The topological polar surface area (TPSA) is 71.7 Å². The highest BCUT2D eigenvalue weighted by Crippen LogP contribution is 2.08. The van der Waals surface area contributed by atoms with E-state index in [1.54, 1.807) is 18.4 Å². The molecule has 0 amide bonds. The fraction of sp³-hybridized carbons (Fsp3) is 0.583. The van der Waals surface area contributed by atoms with Gasteiger partial charge in [-0.3, -0.25) is 5.43 Å². The molecule has 18 heavy (non-hydrogen) atoms. The van der Waals surface area contributed by atoms with Crippen molar-refractivity contribution in [2.75, 3.05) is 13.7 Å². The Morgan fingerprint density at radius 3 is 2.89 bits per heavy atom. The number of ether oxygens (including phenoxy) is 1. The minimum atomic E-state index is 0.0712. The maximum absolute atomic E-state index is 5.46. The van der Waals surface area contributed by atoms with Crippen molar-refractivity contribution in [1.82, 2.24) is 10.7 Å². The maximum Gasteiger partial charge on any atom is 0.206 e. The molecule has 102 valence electrons. The third-order valence-corrected chi connectivity index (χ3v) is 3.13. The van der Waals surface area contributed by atoms with Crippen molar-refractivity contribution in [3.8, 4) is 0 Å². The zero-order valence-electron chi connectivity index (χ0n) is 11.1. The molecule has 2 atom stereocenters. The van der Waals surface area contributed by atoms with Crippen molar-refractivity contribution >= 4 is 17.3 Å². The number of nitrogens with two attached hydrogens (primary N) is 1. The molecule has 0 fully saturated rings. The van der Waals surface area contributed by atoms with Crippen LogP contribution in [0.2, 0.25) is 0 Å². The first-order valence-corrected chi connectivity index (χ1v) is 6.91. The Balaban J connectivity index is 2.46. The third kappa shape index (κ3) is 5.48. The van der Waals surface area contributed by atoms with Crippen LogP contribution in [0.3, 0.4) is 0 Å². The van der Waals surface area contributed by atoms with Crippen LogP contribution in [0.1, 0.15) is 19.4 Å². The van der Waals surface area contributed by atoms with E-state index in [-0.39, 0.29) is 12.1 Å². The molecule has 1 aromatic rings. The number of nitrogens with one attached hydrogen (secondary N) is 2. The van der Waals surface area contributed by atoms with Crippen molar-refractivity contribution in [2.45, 2.75) is 32.4 Å². The van der Waals surface area contributed by atoms with Gasteiger partial charge in [0.05, 0.1) is 12.6 Å². The fourth-order valence-electron chi connectivity index (χ4n) is 1.66. The fourth-order valence-corrected chi connectivity index (χ4v) is 2.34. The maximum atomic E-state index is 5.46. The highest BCUT2D eigenvalue weighted by atomic mass is 32.1. The highest BCUT2D eigenvalue weighted by Gasteiger charge is 2.07. The predicted molar refractivity (Wildman–Crippen MR) is 76.7 cm³/mol. The molecule has 5 nitrogen and oxygen atoms in total. The molecule has 4 N–H and O–H groups in total. The Hall–Kier alpha value is -1.11. The first kappa shape index (κ1) is 14.9. The standard InChI is InChI=1S/C12H22N4OS/c1-9(6-11-4-5-18-8-11)14-12(16-13)15-10(2)7-17-3/h4-5,8-10H,6-7,13H2,1-3H3,(H2,14,15,16). The van der Waals surface area contributed by atoms with Crippen molar-refractivity contribution in [3.05, 3.63) is 22.4 Å². The van der Waals surface area contributed by atoms with Crippen molar-refractivity contribution in [2.24, 2.45) is 10.8 Å². The van der Waals surface area contributed by atoms with E-state index in [0.717, 1.165) is 6.42 Å². The third-order valence-electron chi connectivity index (χ3n) is 2.40. The molecule has 1 heterocycles. The summed E-state index contributed by atoms with van der Waals surface area (Å²) in [6.07, 6.45) is 0.947. The summed E-state index contributed by atoms with van der Waals surface area (Å²) in [6, 6.07) is 2.47. The molecule has 1 rings (SSSR count). The smallest absolute Gasteiger partial charge is 0.206 e. The Bertz CT molecular complexity index is 353. The van der Waals surface area contributed by atoms with E-state index in [2.05, 4.69) is 39.5 Å². The van der Waals surface area contributed by atoms with Crippen LogP contribution in [0.25, 0.3) is 0 Å². The molecule has 1 aromatic heterocycles. The molecule has 6 heteroatoms. The van der Waals surface area contributed by atoms with Crippen LogP contribution >= 0.6 is 11.3 Å². The first-order valence-electron chi connectivity index (χ1n) is 5.96. The van der Waals surface area contributed by atoms with Gasteiger partial charge in [-0.05, 0) is 42.7 Å². The van der Waals surface area contributed by atoms with Crippen LogP contribution in [-0.2, 0) is 11.2 Å². The van der Waals surface area contributed by atoms with Crippen LogP contribution < -0.4 is 16.6 Å². The number of methoxy groups -OCH3 is 1. The zero-order valence-corrected chi connectivity index (χ0v) is 12.0. The van der Waals surface area contributed by atoms with Gasteiger partial charge < -0.3 is 10.1 Å². The molecule has 0 aliphatic rings. The second kappa shape index (κ2) is 8.07. The number of guanidine groups is 1. The van der Waals surface area contributed by atoms with Gasteiger partial charge in [0.1, 0.15) is 0 Å². The number of thiophene rings is 1. The summed E-state index contributed by atoms with van der Waals surface area (Å²) in [4.78, 5) is 4.40. The second-order valence-electron chi connectivity index (χ2n) is 4.31. The molecule has 0 saturated carbocycles. The van der Waals surface area contributed by atoms with Gasteiger partial charge in [0.2, 0.25) is 5.96 Å². The molecule has 0 aliphatic carbocycles. The average molecular weight is 270 g/mol. The summed E-state index contributed by atoms with van der Waals surface area (Å²) in [6.45, 7) is 4.66. The Morgan fingerprint density at radius 2 is 2.33 bits per heavy atom. The average Bonchev–Trinajstić information content (AvgIpc) is 2.81. The molecule has 0 aromatic carbocycles. The van der Waals surface area contributed by atoms with E-state index in [4.69, 9.17) is 10.6 Å². The van der Waals surface area contributed by atoms with E-state index < -0.39 is 0 Å². The molecule has 0 bridgehead atoms. The monoisotopic (exact) mass is 270 g/mol. The van der Waals surface area contributed by atoms with Gasteiger partial charge in [-0.25, -0.2) is 10.8 Å². The number of aliphatic imine (C=N–C) groups is 1. The summed E-state index contributed by atoms with van der Waals surface area (Å²) < 4.78 is 5.04. The molecule has 0 aliphatic heterocycles. The van der Waals surface area contributed by atoms with Crippen LogP contribution in [0, 0.1) is 0 Å². The van der Waals surface area contributed by atoms with E-state index in [0.29, 0.717) is 12.6 Å². The normalized spacial score (nSPS) is 15.2. The number of hydrogen-bond donors (Lipinski definition) is 3. The molecule has 0 radical (unpaired) electrons. The van der Waals surface area contributed by atoms with Crippen LogP contribution in [0.5, 0.6) is 0 Å². The number of hydrogen-bond acceptors (Lipinski definition) is 4. The van der Waals surface area contributed by atoms with Gasteiger partial charge in [-0.2, -0.15) is 11.3 Å². The minimum Gasteiger partial charge on any atom is -0.382 e. The predicted octanol–water partition coefficient (Wildman–Crippen LogP) is 1.12. The highest BCUT2D eigenvalue weighted by molar-refractivity contribution is 7.07. The van der Waals surface area contributed by atoms with Crippen molar-refractivity contribution in [3.63, 3.8) is 0 Å². The van der Waals surface area contributed by atoms with Crippen LogP contribution in [-0.4, -0.2) is 31.8 Å². The SMILES string of the molecule is COCC(C)N=C(NN)NC(C)Cc1ccsc1. The van der Waals surface area contributed by atoms with Gasteiger partial charge in [0, 0.05) is 13.2 Å². The van der Waals surface area contributed by atoms with Crippen LogP contribution in [0.4, 0.5) is 0 Å².